The summed E-state index contributed by atoms with van der Waals surface area (Å²) < 4.78 is 25.5. The van der Waals surface area contributed by atoms with Crippen molar-refractivity contribution in [2.45, 2.75) is 19.9 Å². The van der Waals surface area contributed by atoms with Crippen LogP contribution in [0.1, 0.15) is 25.5 Å². The Hall–Kier alpha value is -2.90. The molecule has 0 saturated carbocycles. The highest BCUT2D eigenvalue weighted by Gasteiger charge is 2.23. The molecule has 0 fully saturated rings. The molecule has 0 amide bonds. The fourth-order valence-electron chi connectivity index (χ4n) is 3.73. The Kier molecular flexibility index (Phi) is 8.86. The van der Waals surface area contributed by atoms with Crippen molar-refractivity contribution in [3.63, 3.8) is 0 Å². The molecule has 0 aromatic heterocycles. The molecular weight excluding hydrogens is 439 g/mol. The van der Waals surface area contributed by atoms with Crippen molar-refractivity contribution < 1.29 is 19.1 Å². The van der Waals surface area contributed by atoms with Crippen LogP contribution in [0.5, 0.6) is 11.5 Å². The standard InChI is InChI=1S/C26H31FN2O3S/c1-5-28-22-15-18(20-9-7-8-10-21(20)27)11-13-23(22)29(30)24(17-33-4)19-12-14-25(31-3)26(16-19)32-6-2/h7-16,24,28,30H,5-6,17H2,1-4H3. The molecule has 3 rings (SSSR count). The number of methoxy groups -OCH3 is 1. The van der Waals surface area contributed by atoms with Gasteiger partial charge in [-0.05, 0) is 61.6 Å². The summed E-state index contributed by atoms with van der Waals surface area (Å²) in [4.78, 5) is 0. The first-order chi connectivity index (χ1) is 16.0. The molecule has 3 aromatic rings. The Balaban J connectivity index is 2.02. The number of nitrogens with one attached hydrogen (secondary N) is 1. The number of hydrogen-bond acceptors (Lipinski definition) is 6. The first-order valence-electron chi connectivity index (χ1n) is 10.9. The van der Waals surface area contributed by atoms with Gasteiger partial charge in [0.05, 0.1) is 31.1 Å². The molecule has 0 spiro atoms. The molecule has 3 aromatic carbocycles. The monoisotopic (exact) mass is 470 g/mol. The fourth-order valence-corrected chi connectivity index (χ4v) is 4.38. The lowest BCUT2D eigenvalue weighted by atomic mass is 10.0. The molecule has 0 aliphatic carbocycles. The molecule has 0 saturated heterocycles. The number of nitrogens with zero attached hydrogens (tertiary/aromatic N) is 1. The van der Waals surface area contributed by atoms with Crippen LogP contribution in [0.4, 0.5) is 15.8 Å². The van der Waals surface area contributed by atoms with Crippen LogP contribution in [0.2, 0.25) is 0 Å². The minimum Gasteiger partial charge on any atom is -0.493 e. The van der Waals surface area contributed by atoms with Crippen molar-refractivity contribution in [2.24, 2.45) is 0 Å². The molecular formula is C26H31FN2O3S. The zero-order valence-corrected chi connectivity index (χ0v) is 20.3. The van der Waals surface area contributed by atoms with Gasteiger partial charge in [-0.1, -0.05) is 30.3 Å². The number of benzene rings is 3. The number of ether oxygens (including phenoxy) is 2. The quantitative estimate of drug-likeness (QED) is 0.307. The highest BCUT2D eigenvalue weighted by molar-refractivity contribution is 7.98. The van der Waals surface area contributed by atoms with E-state index < -0.39 is 0 Å². The van der Waals surface area contributed by atoms with Crippen LogP contribution in [0, 0.1) is 5.82 Å². The average molecular weight is 471 g/mol. The summed E-state index contributed by atoms with van der Waals surface area (Å²) in [6.07, 6.45) is 2.00. The SMILES string of the molecule is CCNc1cc(-c2ccccc2F)ccc1N(O)C(CSC)c1ccc(OC)c(OCC)c1. The molecule has 1 atom stereocenters. The van der Waals surface area contributed by atoms with E-state index in [1.165, 1.54) is 11.1 Å². The van der Waals surface area contributed by atoms with Crippen molar-refractivity contribution in [1.82, 2.24) is 0 Å². The predicted octanol–water partition coefficient (Wildman–Crippen LogP) is 6.63. The zero-order chi connectivity index (χ0) is 23.8. The van der Waals surface area contributed by atoms with Gasteiger partial charge in [0.2, 0.25) is 0 Å². The van der Waals surface area contributed by atoms with Crippen molar-refractivity contribution >= 4 is 23.1 Å². The Morgan fingerprint density at radius 1 is 1.06 bits per heavy atom. The second-order valence-electron chi connectivity index (χ2n) is 7.40. The van der Waals surface area contributed by atoms with E-state index in [1.807, 2.05) is 62.6 Å². The molecule has 33 heavy (non-hydrogen) atoms. The van der Waals surface area contributed by atoms with Gasteiger partial charge in [-0.3, -0.25) is 5.21 Å². The molecule has 0 aliphatic heterocycles. The molecule has 2 N–H and O–H groups in total. The molecule has 176 valence electrons. The van der Waals surface area contributed by atoms with Gasteiger partial charge < -0.3 is 14.8 Å². The molecule has 0 heterocycles. The molecule has 1 unspecified atom stereocenters. The van der Waals surface area contributed by atoms with Crippen molar-refractivity contribution in [3.05, 3.63) is 72.0 Å². The molecule has 0 bridgehead atoms. The van der Waals surface area contributed by atoms with Gasteiger partial charge in [-0.25, -0.2) is 9.45 Å². The van der Waals surface area contributed by atoms with Crippen LogP contribution in [-0.2, 0) is 0 Å². The van der Waals surface area contributed by atoms with Crippen LogP contribution in [0.25, 0.3) is 11.1 Å². The lowest BCUT2D eigenvalue weighted by molar-refractivity contribution is 0.225. The molecule has 5 nitrogen and oxygen atoms in total. The van der Waals surface area contributed by atoms with Gasteiger partial charge in [0.15, 0.2) is 11.5 Å². The molecule has 0 radical (unpaired) electrons. The van der Waals surface area contributed by atoms with Crippen molar-refractivity contribution in [3.8, 4) is 22.6 Å². The van der Waals surface area contributed by atoms with Crippen LogP contribution < -0.4 is 19.9 Å². The first kappa shape index (κ1) is 24.7. The molecule has 0 aliphatic rings. The van der Waals surface area contributed by atoms with E-state index in [4.69, 9.17) is 9.47 Å². The highest BCUT2D eigenvalue weighted by Crippen LogP contribution is 2.38. The van der Waals surface area contributed by atoms with Crippen LogP contribution in [-0.4, -0.2) is 37.5 Å². The summed E-state index contributed by atoms with van der Waals surface area (Å²) in [7, 11) is 1.61. The maximum absolute atomic E-state index is 14.4. The minimum atomic E-state index is -0.332. The second-order valence-corrected chi connectivity index (χ2v) is 8.31. The Morgan fingerprint density at radius 2 is 1.85 bits per heavy atom. The van der Waals surface area contributed by atoms with Gasteiger partial charge in [-0.2, -0.15) is 11.8 Å². The largest absolute Gasteiger partial charge is 0.493 e. The van der Waals surface area contributed by atoms with E-state index in [0.29, 0.717) is 41.7 Å². The van der Waals surface area contributed by atoms with E-state index in [1.54, 1.807) is 31.0 Å². The van der Waals surface area contributed by atoms with E-state index in [9.17, 15) is 9.60 Å². The normalized spacial score (nSPS) is 11.7. The van der Waals surface area contributed by atoms with Gasteiger partial charge in [0, 0.05) is 17.9 Å². The second kappa shape index (κ2) is 11.8. The average Bonchev–Trinajstić information content (AvgIpc) is 2.83. The lowest BCUT2D eigenvalue weighted by Crippen LogP contribution is -2.27. The maximum atomic E-state index is 14.4. The van der Waals surface area contributed by atoms with Gasteiger partial charge in [-0.15, -0.1) is 0 Å². The Morgan fingerprint density at radius 3 is 2.52 bits per heavy atom. The summed E-state index contributed by atoms with van der Waals surface area (Å²) >= 11 is 1.63. The van der Waals surface area contributed by atoms with Crippen LogP contribution in [0.15, 0.2) is 60.7 Å². The van der Waals surface area contributed by atoms with E-state index in [0.717, 1.165) is 16.8 Å². The summed E-state index contributed by atoms with van der Waals surface area (Å²) in [5.74, 6) is 1.65. The third-order valence-corrected chi connectivity index (χ3v) is 5.94. The van der Waals surface area contributed by atoms with Gasteiger partial charge in [0.25, 0.3) is 0 Å². The first-order valence-corrected chi connectivity index (χ1v) is 12.3. The number of halogens is 1. The highest BCUT2D eigenvalue weighted by atomic mass is 32.2. The van der Waals surface area contributed by atoms with Crippen LogP contribution in [0.3, 0.4) is 0 Å². The Bertz CT molecular complexity index is 1060. The molecule has 7 heteroatoms. The summed E-state index contributed by atoms with van der Waals surface area (Å²) in [5, 5.41) is 16.0. The number of rotatable bonds is 11. The fraction of sp³-hybridized carbons (Fsp3) is 0.308. The number of hydroxylamine groups is 1. The Labute approximate surface area is 199 Å². The summed E-state index contributed by atoms with van der Waals surface area (Å²) in [6, 6.07) is 17.6. The van der Waals surface area contributed by atoms with E-state index in [2.05, 4.69) is 5.32 Å². The smallest absolute Gasteiger partial charge is 0.161 e. The topological polar surface area (TPSA) is 54.0 Å². The van der Waals surface area contributed by atoms with E-state index in [-0.39, 0.29) is 11.9 Å². The zero-order valence-electron chi connectivity index (χ0n) is 19.5. The van der Waals surface area contributed by atoms with Crippen molar-refractivity contribution in [2.75, 3.05) is 42.7 Å². The van der Waals surface area contributed by atoms with Crippen LogP contribution >= 0.6 is 11.8 Å². The predicted molar refractivity (Wildman–Crippen MR) is 136 cm³/mol. The third-order valence-electron chi connectivity index (χ3n) is 5.29. The van der Waals surface area contributed by atoms with Gasteiger partial charge in [0.1, 0.15) is 5.82 Å². The summed E-state index contributed by atoms with van der Waals surface area (Å²) in [5.41, 5.74) is 3.50. The van der Waals surface area contributed by atoms with Crippen molar-refractivity contribution in [1.29, 1.82) is 0 Å². The van der Waals surface area contributed by atoms with Gasteiger partial charge >= 0.3 is 0 Å². The number of thioether (sulfide) groups is 1. The maximum Gasteiger partial charge on any atom is 0.161 e. The minimum absolute atomic E-state index is 0.282. The number of hydrogen-bond donors (Lipinski definition) is 2. The third kappa shape index (κ3) is 5.72. The lowest BCUT2D eigenvalue weighted by Gasteiger charge is -2.30. The van der Waals surface area contributed by atoms with E-state index >= 15 is 0 Å². The number of anilines is 2. The summed E-state index contributed by atoms with van der Waals surface area (Å²) in [6.45, 7) is 5.08.